The number of hydrogen-bond acceptors (Lipinski definition) is 9. The largest absolute Gasteiger partial charge is 0.569 e. The van der Waals surface area contributed by atoms with Crippen LogP contribution in [-0.4, -0.2) is 59.9 Å². The van der Waals surface area contributed by atoms with Crippen LogP contribution in [0.25, 0.3) is 16.9 Å². The van der Waals surface area contributed by atoms with E-state index in [0.29, 0.717) is 5.56 Å². The van der Waals surface area contributed by atoms with Crippen LogP contribution in [0, 0.1) is 18.0 Å². The highest BCUT2D eigenvalue weighted by Crippen LogP contribution is 2.33. The van der Waals surface area contributed by atoms with Crippen LogP contribution >= 0.6 is 0 Å². The number of carbonyl (C=O) groups excluding carboxylic acids is 2. The van der Waals surface area contributed by atoms with Crippen molar-refractivity contribution >= 4 is 21.9 Å². The average Bonchev–Trinajstić information content (AvgIpc) is 3.45. The molecule has 0 atom stereocenters. The molecule has 0 saturated carbocycles. The van der Waals surface area contributed by atoms with E-state index in [0.717, 1.165) is 33.5 Å². The van der Waals surface area contributed by atoms with Gasteiger partial charge in [0.1, 0.15) is 0 Å². The Labute approximate surface area is 260 Å². The van der Waals surface area contributed by atoms with Crippen molar-refractivity contribution in [2.75, 3.05) is 19.9 Å². The SMILES string of the molecule is Cc1ccc(-c2cc(C(F)(F)F)nn2-c2ccc(S(=O)(=O)NC(=O)C3CN([N+]([O-])=NOCOC(=O)c4ccccc4)C3)cc2)cc1. The lowest BCUT2D eigenvalue weighted by atomic mass is 10.0. The molecule has 1 aliphatic rings. The zero-order valence-corrected chi connectivity index (χ0v) is 24.7. The van der Waals surface area contributed by atoms with Gasteiger partial charge in [-0.3, -0.25) is 4.79 Å². The summed E-state index contributed by atoms with van der Waals surface area (Å²) in [5.41, 5.74) is 0.826. The fourth-order valence-electron chi connectivity index (χ4n) is 4.31. The van der Waals surface area contributed by atoms with E-state index in [2.05, 4.69) is 15.2 Å². The van der Waals surface area contributed by atoms with E-state index in [4.69, 9.17) is 4.74 Å². The quantitative estimate of drug-likeness (QED) is 0.0658. The maximum atomic E-state index is 13.5. The molecule has 5 rings (SSSR count). The molecule has 46 heavy (non-hydrogen) atoms. The van der Waals surface area contributed by atoms with Gasteiger partial charge >= 0.3 is 12.1 Å². The van der Waals surface area contributed by atoms with E-state index in [1.807, 2.05) is 11.6 Å². The normalized spacial score (nSPS) is 14.0. The molecule has 0 spiro atoms. The van der Waals surface area contributed by atoms with Crippen LogP contribution < -0.4 is 4.72 Å². The smallest absolute Gasteiger partial charge is 0.435 e. The molecule has 1 amide bonds. The highest BCUT2D eigenvalue weighted by Gasteiger charge is 2.40. The molecule has 0 unspecified atom stereocenters. The van der Waals surface area contributed by atoms with Gasteiger partial charge in [0.05, 0.1) is 45.8 Å². The van der Waals surface area contributed by atoms with Crippen LogP contribution in [0.3, 0.4) is 0 Å². The van der Waals surface area contributed by atoms with E-state index < -0.39 is 46.5 Å². The number of hydrogen-bond donors (Lipinski definition) is 1. The summed E-state index contributed by atoms with van der Waals surface area (Å²) in [6.07, 6.45) is -4.71. The maximum Gasteiger partial charge on any atom is 0.435 e. The summed E-state index contributed by atoms with van der Waals surface area (Å²) < 4.78 is 74.0. The Kier molecular flexibility index (Phi) is 8.95. The Hall–Kier alpha value is -5.45. The van der Waals surface area contributed by atoms with E-state index in [1.54, 1.807) is 42.5 Å². The second-order valence-corrected chi connectivity index (χ2v) is 11.8. The van der Waals surface area contributed by atoms with Crippen LogP contribution in [0.5, 0.6) is 0 Å². The van der Waals surface area contributed by atoms with Gasteiger partial charge in [-0.15, -0.1) is 5.01 Å². The van der Waals surface area contributed by atoms with Gasteiger partial charge < -0.3 is 14.8 Å². The number of benzene rings is 3. The van der Waals surface area contributed by atoms with Crippen molar-refractivity contribution in [3.8, 4) is 16.9 Å². The predicted octanol–water partition coefficient (Wildman–Crippen LogP) is 4.23. The molecule has 2 heterocycles. The van der Waals surface area contributed by atoms with Crippen molar-refractivity contribution in [1.29, 1.82) is 0 Å². The minimum Gasteiger partial charge on any atom is -0.569 e. The van der Waals surface area contributed by atoms with Crippen molar-refractivity contribution < 1.29 is 45.7 Å². The second-order valence-electron chi connectivity index (χ2n) is 10.1. The van der Waals surface area contributed by atoms with Crippen molar-refractivity contribution in [2.24, 2.45) is 11.2 Å². The van der Waals surface area contributed by atoms with Crippen LogP contribution in [0.15, 0.2) is 95.1 Å². The van der Waals surface area contributed by atoms with Crippen LogP contribution in [0.1, 0.15) is 21.6 Å². The highest BCUT2D eigenvalue weighted by atomic mass is 32.2. The number of amides is 1. The number of hydrazine groups is 1. The zero-order chi connectivity index (χ0) is 33.1. The monoisotopic (exact) mass is 658 g/mol. The molecule has 1 aliphatic heterocycles. The number of halogens is 3. The minimum atomic E-state index is -4.71. The average molecular weight is 659 g/mol. The topological polar surface area (TPSA) is 158 Å². The molecule has 1 fully saturated rings. The van der Waals surface area contributed by atoms with Gasteiger partial charge in [0.2, 0.25) is 11.2 Å². The van der Waals surface area contributed by atoms with Crippen molar-refractivity contribution in [2.45, 2.75) is 18.0 Å². The maximum absolute atomic E-state index is 13.5. The summed E-state index contributed by atoms with van der Waals surface area (Å²) in [7, 11) is -4.37. The van der Waals surface area contributed by atoms with Crippen LogP contribution in [0.4, 0.5) is 13.2 Å². The third-order valence-electron chi connectivity index (χ3n) is 6.83. The first kappa shape index (κ1) is 32.0. The van der Waals surface area contributed by atoms with Gasteiger partial charge in [0.25, 0.3) is 16.8 Å². The molecule has 0 radical (unpaired) electrons. The van der Waals surface area contributed by atoms with Crippen molar-refractivity contribution in [1.82, 2.24) is 19.5 Å². The Morgan fingerprint density at radius 2 is 1.70 bits per heavy atom. The van der Waals surface area contributed by atoms with Gasteiger partial charge in [0, 0.05) is 5.56 Å². The Bertz CT molecular complexity index is 1860. The number of esters is 1. The first-order chi connectivity index (χ1) is 21.8. The third-order valence-corrected chi connectivity index (χ3v) is 8.19. The van der Waals surface area contributed by atoms with Crippen molar-refractivity contribution in [3.63, 3.8) is 0 Å². The zero-order valence-electron chi connectivity index (χ0n) is 23.9. The number of aryl methyl sites for hydroxylation is 1. The standard InChI is InChI=1S/C29H25F3N6O7S/c1-19-7-9-20(10-8-19)25-15-26(29(30,31)32)33-37(25)23-11-13-24(14-12-23)46(42,43)34-27(39)22-16-36(17-22)38(41)35-45-18-44-28(40)21-5-3-2-4-6-21/h2-15,22H,16-18H2,1H3,(H,34,39). The van der Waals surface area contributed by atoms with Gasteiger partial charge in [-0.25, -0.2) is 22.6 Å². The van der Waals surface area contributed by atoms with E-state index in [1.165, 1.54) is 24.3 Å². The number of aromatic nitrogens is 2. The molecule has 240 valence electrons. The highest BCUT2D eigenvalue weighted by molar-refractivity contribution is 7.90. The summed E-state index contributed by atoms with van der Waals surface area (Å²) in [4.78, 5) is 28.8. The molecule has 0 aliphatic carbocycles. The lowest BCUT2D eigenvalue weighted by molar-refractivity contribution is -0.726. The first-order valence-corrected chi connectivity index (χ1v) is 15.0. The van der Waals surface area contributed by atoms with Gasteiger partial charge in [-0.05, 0) is 49.4 Å². The molecular weight excluding hydrogens is 633 g/mol. The first-order valence-electron chi connectivity index (χ1n) is 13.5. The molecule has 17 heteroatoms. The lowest BCUT2D eigenvalue weighted by Gasteiger charge is -2.32. The minimum absolute atomic E-state index is 0.0394. The summed E-state index contributed by atoms with van der Waals surface area (Å²) in [5, 5.41) is 20.0. The van der Waals surface area contributed by atoms with Crippen molar-refractivity contribution in [3.05, 3.63) is 107 Å². The Morgan fingerprint density at radius 3 is 2.33 bits per heavy atom. The number of alkyl halides is 3. The molecular formula is C29H25F3N6O7S. The molecule has 1 N–H and O–H groups in total. The Morgan fingerprint density at radius 1 is 1.04 bits per heavy atom. The number of rotatable bonds is 10. The fourth-order valence-corrected chi connectivity index (χ4v) is 5.35. The molecule has 4 aromatic rings. The van der Waals surface area contributed by atoms with Crippen LogP contribution in [0.2, 0.25) is 0 Å². The molecule has 0 bridgehead atoms. The van der Waals surface area contributed by atoms with E-state index in [9.17, 15) is 36.4 Å². The summed E-state index contributed by atoms with van der Waals surface area (Å²) in [6, 6.07) is 20.5. The number of carbonyl (C=O) groups is 2. The Balaban J connectivity index is 1.18. The molecule has 1 saturated heterocycles. The van der Waals surface area contributed by atoms with E-state index in [-0.39, 0.29) is 39.9 Å². The number of nitrogens with one attached hydrogen (secondary N) is 1. The lowest BCUT2D eigenvalue weighted by Crippen LogP contribution is -2.56. The number of ether oxygens (including phenoxy) is 1. The number of nitrogens with zero attached hydrogens (tertiary/aromatic N) is 5. The summed E-state index contributed by atoms with van der Waals surface area (Å²) in [5.74, 6) is -2.44. The predicted molar refractivity (Wildman–Crippen MR) is 153 cm³/mol. The van der Waals surface area contributed by atoms with Gasteiger partial charge in [-0.1, -0.05) is 48.0 Å². The summed E-state index contributed by atoms with van der Waals surface area (Å²) >= 11 is 0. The summed E-state index contributed by atoms with van der Waals surface area (Å²) in [6.45, 7) is 0.839. The second kappa shape index (κ2) is 12.9. The van der Waals surface area contributed by atoms with Gasteiger partial charge in [-0.2, -0.15) is 18.3 Å². The van der Waals surface area contributed by atoms with E-state index >= 15 is 0 Å². The molecule has 3 aromatic carbocycles. The fraction of sp³-hybridized carbons (Fsp3) is 0.207. The molecule has 1 aromatic heterocycles. The van der Waals surface area contributed by atoms with Crippen LogP contribution in [-0.2, 0) is 30.6 Å². The van der Waals surface area contributed by atoms with Gasteiger partial charge in [0.15, 0.2) is 5.69 Å². The number of sulfonamides is 1. The third kappa shape index (κ3) is 7.26. The molecule has 13 nitrogen and oxygen atoms in total.